The minimum Gasteiger partial charge on any atom is -0.340 e. The number of hydrogen-bond acceptors (Lipinski definition) is 3. The van der Waals surface area contributed by atoms with Crippen LogP contribution < -0.4 is 11.5 Å². The molecule has 1 aromatic rings. The maximum atomic E-state index is 12.8. The lowest BCUT2D eigenvalue weighted by atomic mass is 9.79. The molecule has 1 aliphatic rings. The number of likely N-dealkylation sites (tertiary alicyclic amines) is 1. The maximum absolute atomic E-state index is 12.8. The minimum atomic E-state index is -1.02. The van der Waals surface area contributed by atoms with E-state index in [4.69, 9.17) is 11.5 Å². The van der Waals surface area contributed by atoms with Gasteiger partial charge in [0.2, 0.25) is 5.91 Å². The Labute approximate surface area is 135 Å². The highest BCUT2D eigenvalue weighted by atomic mass is 79.9. The molecule has 4 N–H and O–H groups in total. The predicted molar refractivity (Wildman–Crippen MR) is 88.6 cm³/mol. The fourth-order valence-electron chi connectivity index (χ4n) is 2.80. The van der Waals surface area contributed by atoms with Gasteiger partial charge in [0.15, 0.2) is 0 Å². The number of nitrogens with zero attached hydrogens (tertiary/aromatic N) is 1. The number of nitrogens with two attached hydrogens (primary N) is 2. The first kappa shape index (κ1) is 16.5. The summed E-state index contributed by atoms with van der Waals surface area (Å²) >= 11 is 3.40. The van der Waals surface area contributed by atoms with E-state index in [1.165, 1.54) is 0 Å². The zero-order valence-corrected chi connectivity index (χ0v) is 14.5. The van der Waals surface area contributed by atoms with E-state index in [0.29, 0.717) is 13.1 Å². The lowest BCUT2D eigenvalue weighted by Crippen LogP contribution is -2.59. The van der Waals surface area contributed by atoms with Gasteiger partial charge in [0.05, 0.1) is 0 Å². The third kappa shape index (κ3) is 3.30. The number of rotatable bonds is 2. The highest BCUT2D eigenvalue weighted by Gasteiger charge is 2.41. The average molecular weight is 354 g/mol. The van der Waals surface area contributed by atoms with Gasteiger partial charge >= 0.3 is 0 Å². The van der Waals surface area contributed by atoms with Crippen molar-refractivity contribution in [3.8, 4) is 0 Å². The molecule has 4 nitrogen and oxygen atoms in total. The van der Waals surface area contributed by atoms with Crippen molar-refractivity contribution in [2.75, 3.05) is 13.1 Å². The molecule has 2 atom stereocenters. The highest BCUT2D eigenvalue weighted by Crippen LogP contribution is 2.31. The molecule has 0 saturated carbocycles. The molecule has 0 radical (unpaired) electrons. The number of hydrogen-bond donors (Lipinski definition) is 2. The van der Waals surface area contributed by atoms with E-state index in [2.05, 4.69) is 29.8 Å². The second kappa shape index (κ2) is 5.71. The molecule has 0 spiro atoms. The van der Waals surface area contributed by atoms with Crippen molar-refractivity contribution in [1.82, 2.24) is 4.90 Å². The number of carbonyl (C=O) groups excluding carboxylic acids is 1. The number of piperidine rings is 1. The van der Waals surface area contributed by atoms with Gasteiger partial charge in [0.25, 0.3) is 0 Å². The Kier molecular flexibility index (Phi) is 4.47. The van der Waals surface area contributed by atoms with Gasteiger partial charge in [-0.05, 0) is 36.5 Å². The van der Waals surface area contributed by atoms with E-state index in [1.807, 2.05) is 29.2 Å². The molecule has 116 valence electrons. The van der Waals surface area contributed by atoms with Crippen molar-refractivity contribution >= 4 is 21.8 Å². The topological polar surface area (TPSA) is 72.4 Å². The van der Waals surface area contributed by atoms with Crippen LogP contribution >= 0.6 is 15.9 Å². The first-order chi connectivity index (χ1) is 9.64. The molecule has 0 aromatic heterocycles. The Morgan fingerprint density at radius 2 is 1.95 bits per heavy atom. The van der Waals surface area contributed by atoms with E-state index in [0.717, 1.165) is 16.5 Å². The fraction of sp³-hybridized carbons (Fsp3) is 0.562. The molecule has 5 heteroatoms. The third-order valence-corrected chi connectivity index (χ3v) is 5.02. The molecule has 1 amide bonds. The molecule has 0 aliphatic carbocycles. The van der Waals surface area contributed by atoms with Crippen molar-refractivity contribution < 1.29 is 4.79 Å². The predicted octanol–water partition coefficient (Wildman–Crippen LogP) is 2.21. The summed E-state index contributed by atoms with van der Waals surface area (Å²) in [6.07, 6.45) is 0.815. The van der Waals surface area contributed by atoms with Crippen molar-refractivity contribution in [2.24, 2.45) is 16.9 Å². The second-order valence-electron chi connectivity index (χ2n) is 6.82. The summed E-state index contributed by atoms with van der Waals surface area (Å²) in [5, 5.41) is 0. The Hall–Kier alpha value is -0.910. The molecule has 0 bridgehead atoms. The number of carbonyl (C=O) groups is 1. The minimum absolute atomic E-state index is 0.0372. The SMILES string of the molecule is CC(N)(C(=O)N1CCC(N)C(C)(C)C1)c1ccc(Br)cc1. The zero-order chi connectivity index (χ0) is 15.8. The zero-order valence-electron chi connectivity index (χ0n) is 12.9. The van der Waals surface area contributed by atoms with E-state index >= 15 is 0 Å². The first-order valence-corrected chi connectivity index (χ1v) is 8.04. The van der Waals surface area contributed by atoms with Gasteiger partial charge < -0.3 is 16.4 Å². The quantitative estimate of drug-likeness (QED) is 0.855. The van der Waals surface area contributed by atoms with E-state index < -0.39 is 5.54 Å². The lowest BCUT2D eigenvalue weighted by Gasteiger charge is -2.44. The standard InChI is InChI=1S/C16H24BrN3O/c1-15(2)10-20(9-8-13(15)18)14(21)16(3,19)11-4-6-12(17)7-5-11/h4-7,13H,8-10,18-19H2,1-3H3. The summed E-state index contributed by atoms with van der Waals surface area (Å²) < 4.78 is 0.972. The summed E-state index contributed by atoms with van der Waals surface area (Å²) in [5.74, 6) is -0.0372. The molecular weight excluding hydrogens is 330 g/mol. The summed E-state index contributed by atoms with van der Waals surface area (Å²) in [6, 6.07) is 7.72. The fourth-order valence-corrected chi connectivity index (χ4v) is 3.06. The number of halogens is 1. The lowest BCUT2D eigenvalue weighted by molar-refractivity contribution is -0.140. The third-order valence-electron chi connectivity index (χ3n) is 4.49. The van der Waals surface area contributed by atoms with Crippen LogP contribution in [0, 0.1) is 5.41 Å². The van der Waals surface area contributed by atoms with Crippen molar-refractivity contribution in [3.63, 3.8) is 0 Å². The van der Waals surface area contributed by atoms with Crippen LogP contribution in [0.25, 0.3) is 0 Å². The molecule has 2 rings (SSSR count). The summed E-state index contributed by atoms with van der Waals surface area (Å²) in [5.41, 5.74) is 12.2. The van der Waals surface area contributed by atoms with Crippen LogP contribution in [0.5, 0.6) is 0 Å². The van der Waals surface area contributed by atoms with E-state index in [9.17, 15) is 4.79 Å². The average Bonchev–Trinajstić information content (AvgIpc) is 2.41. The monoisotopic (exact) mass is 353 g/mol. The van der Waals surface area contributed by atoms with Crippen LogP contribution in [0.15, 0.2) is 28.7 Å². The smallest absolute Gasteiger partial charge is 0.246 e. The van der Waals surface area contributed by atoms with Gasteiger partial charge in [-0.3, -0.25) is 4.79 Å². The Bertz CT molecular complexity index is 525. The van der Waals surface area contributed by atoms with Crippen LogP contribution in [0.3, 0.4) is 0 Å². The molecular formula is C16H24BrN3O. The first-order valence-electron chi connectivity index (χ1n) is 7.24. The van der Waals surface area contributed by atoms with Crippen LogP contribution in [0.2, 0.25) is 0 Å². The summed E-state index contributed by atoms with van der Waals surface area (Å²) in [4.78, 5) is 14.7. The van der Waals surface area contributed by atoms with E-state index in [-0.39, 0.29) is 17.4 Å². The molecule has 1 fully saturated rings. The van der Waals surface area contributed by atoms with Crippen molar-refractivity contribution in [1.29, 1.82) is 0 Å². The Morgan fingerprint density at radius 1 is 1.38 bits per heavy atom. The number of benzene rings is 1. The number of amides is 1. The largest absolute Gasteiger partial charge is 0.340 e. The van der Waals surface area contributed by atoms with E-state index in [1.54, 1.807) is 6.92 Å². The van der Waals surface area contributed by atoms with Crippen LogP contribution in [0.4, 0.5) is 0 Å². The van der Waals surface area contributed by atoms with Crippen molar-refractivity contribution in [3.05, 3.63) is 34.3 Å². The Morgan fingerprint density at radius 3 is 2.48 bits per heavy atom. The normalized spacial score (nSPS) is 24.5. The molecule has 1 aromatic carbocycles. The van der Waals surface area contributed by atoms with Gasteiger partial charge in [-0.25, -0.2) is 0 Å². The van der Waals surface area contributed by atoms with Crippen LogP contribution in [-0.4, -0.2) is 29.9 Å². The van der Waals surface area contributed by atoms with Gasteiger partial charge in [-0.15, -0.1) is 0 Å². The maximum Gasteiger partial charge on any atom is 0.246 e. The molecule has 2 unspecified atom stereocenters. The van der Waals surface area contributed by atoms with Gasteiger partial charge in [0.1, 0.15) is 5.54 Å². The molecule has 21 heavy (non-hydrogen) atoms. The molecule has 1 heterocycles. The second-order valence-corrected chi connectivity index (χ2v) is 7.74. The van der Waals surface area contributed by atoms with Crippen molar-refractivity contribution in [2.45, 2.75) is 38.8 Å². The van der Waals surface area contributed by atoms with Gasteiger partial charge in [-0.2, -0.15) is 0 Å². The molecule has 1 aliphatic heterocycles. The van der Waals surface area contributed by atoms with Crippen LogP contribution in [0.1, 0.15) is 32.8 Å². The van der Waals surface area contributed by atoms with Crippen LogP contribution in [-0.2, 0) is 10.3 Å². The Balaban J connectivity index is 2.20. The van der Waals surface area contributed by atoms with Gasteiger partial charge in [-0.1, -0.05) is 41.9 Å². The summed E-state index contributed by atoms with van der Waals surface area (Å²) in [6.45, 7) is 7.30. The highest BCUT2D eigenvalue weighted by molar-refractivity contribution is 9.10. The summed E-state index contributed by atoms with van der Waals surface area (Å²) in [7, 11) is 0. The van der Waals surface area contributed by atoms with Gasteiger partial charge in [0, 0.05) is 23.6 Å². The molecule has 1 saturated heterocycles.